The number of rotatable bonds is 8. The highest BCUT2D eigenvalue weighted by atomic mass is 35.5. The zero-order valence-corrected chi connectivity index (χ0v) is 22.4. The molecule has 3 rings (SSSR count). The van der Waals surface area contributed by atoms with Gasteiger partial charge in [0.05, 0.1) is 11.1 Å². The van der Waals surface area contributed by atoms with Gasteiger partial charge in [0.2, 0.25) is 0 Å². The smallest absolute Gasteiger partial charge is 0.335 e. The minimum Gasteiger partial charge on any atom is -0.478 e. The third-order valence-electron chi connectivity index (χ3n) is 6.76. The second-order valence-corrected chi connectivity index (χ2v) is 11.5. The number of benzene rings is 2. The molecule has 2 amide bonds. The molecule has 1 aliphatic heterocycles. The van der Waals surface area contributed by atoms with Gasteiger partial charge in [-0.05, 0) is 71.9 Å². The van der Waals surface area contributed by atoms with E-state index in [1.165, 1.54) is 0 Å². The Balaban J connectivity index is 1.87. The van der Waals surface area contributed by atoms with Gasteiger partial charge in [-0.25, -0.2) is 9.59 Å². The van der Waals surface area contributed by atoms with Crippen molar-refractivity contribution in [1.29, 1.82) is 0 Å². The molecular weight excluding hydrogens is 460 g/mol. The molecule has 0 spiro atoms. The number of amides is 2. The van der Waals surface area contributed by atoms with Crippen LogP contribution in [0.5, 0.6) is 0 Å². The molecule has 2 N–H and O–H groups in total. The van der Waals surface area contributed by atoms with Crippen LogP contribution in [-0.4, -0.2) is 28.6 Å². The molecule has 0 radical (unpaired) electrons. The Bertz CT molecular complexity index is 1130. The largest absolute Gasteiger partial charge is 0.478 e. The lowest BCUT2D eigenvalue weighted by molar-refractivity contribution is 0.0695. The summed E-state index contributed by atoms with van der Waals surface area (Å²) in [6, 6.07) is 12.8. The summed E-state index contributed by atoms with van der Waals surface area (Å²) in [6.45, 7) is 13.3. The van der Waals surface area contributed by atoms with E-state index in [-0.39, 0.29) is 22.9 Å². The van der Waals surface area contributed by atoms with Gasteiger partial charge in [-0.3, -0.25) is 0 Å². The van der Waals surface area contributed by atoms with E-state index in [2.05, 4.69) is 52.1 Å². The third kappa shape index (κ3) is 6.26. The minimum absolute atomic E-state index is 0.175. The minimum atomic E-state index is -0.961. The monoisotopic (exact) mass is 496 g/mol. The Labute approximate surface area is 214 Å². The van der Waals surface area contributed by atoms with Crippen LogP contribution < -0.4 is 5.32 Å². The molecule has 0 aliphatic carbocycles. The van der Waals surface area contributed by atoms with Crippen molar-refractivity contribution in [3.05, 3.63) is 81.5 Å². The molecule has 2 aromatic carbocycles. The lowest BCUT2D eigenvalue weighted by Gasteiger charge is -2.42. The van der Waals surface area contributed by atoms with E-state index in [0.717, 1.165) is 34.6 Å². The van der Waals surface area contributed by atoms with E-state index >= 15 is 0 Å². The predicted molar refractivity (Wildman–Crippen MR) is 142 cm³/mol. The van der Waals surface area contributed by atoms with Crippen LogP contribution in [0.1, 0.15) is 75.0 Å². The summed E-state index contributed by atoms with van der Waals surface area (Å²) in [6.07, 6.45) is 4.32. The van der Waals surface area contributed by atoms with Crippen molar-refractivity contribution in [2.24, 2.45) is 11.3 Å². The van der Waals surface area contributed by atoms with Crippen LogP contribution in [0.2, 0.25) is 5.02 Å². The van der Waals surface area contributed by atoms with E-state index in [9.17, 15) is 14.7 Å². The molecule has 1 atom stereocenters. The van der Waals surface area contributed by atoms with E-state index < -0.39 is 11.5 Å². The van der Waals surface area contributed by atoms with Crippen LogP contribution in [-0.2, 0) is 18.4 Å². The molecule has 1 aliphatic rings. The quantitative estimate of drug-likeness (QED) is 0.411. The predicted octanol–water partition coefficient (Wildman–Crippen LogP) is 7.04. The molecule has 35 heavy (non-hydrogen) atoms. The van der Waals surface area contributed by atoms with Crippen molar-refractivity contribution in [2.75, 3.05) is 6.54 Å². The summed E-state index contributed by atoms with van der Waals surface area (Å²) >= 11 is 6.70. The van der Waals surface area contributed by atoms with Gasteiger partial charge in [0.1, 0.15) is 0 Å². The highest BCUT2D eigenvalue weighted by Gasteiger charge is 2.39. The number of hydrogen-bond donors (Lipinski definition) is 2. The average molecular weight is 497 g/mol. The molecule has 2 aromatic rings. The zero-order valence-electron chi connectivity index (χ0n) is 21.6. The fourth-order valence-corrected chi connectivity index (χ4v) is 4.88. The highest BCUT2D eigenvalue weighted by molar-refractivity contribution is 6.31. The van der Waals surface area contributed by atoms with Crippen molar-refractivity contribution < 1.29 is 14.7 Å². The average Bonchev–Trinajstić information content (AvgIpc) is 2.77. The number of nitrogens with zero attached hydrogens (tertiary/aromatic N) is 1. The highest BCUT2D eigenvalue weighted by Crippen LogP contribution is 2.39. The first-order valence-electron chi connectivity index (χ1n) is 12.2. The van der Waals surface area contributed by atoms with Crippen LogP contribution in [0.4, 0.5) is 4.79 Å². The SMILES string of the molecule is CC(C)C1=CN(CCc2ccccc2C(=O)O)C(=O)N[C@]1(C)c1ccc(CCC(C)(C)C)c(Cl)c1. The molecule has 0 saturated carbocycles. The number of nitrogens with one attached hydrogen (secondary N) is 1. The number of carbonyl (C=O) groups is 2. The van der Waals surface area contributed by atoms with Crippen molar-refractivity contribution >= 4 is 23.6 Å². The van der Waals surface area contributed by atoms with Gasteiger partial charge in [0, 0.05) is 17.8 Å². The van der Waals surface area contributed by atoms with Gasteiger partial charge in [0.15, 0.2) is 0 Å². The number of urea groups is 1. The second kappa shape index (κ2) is 10.4. The topological polar surface area (TPSA) is 69.6 Å². The molecule has 6 heteroatoms. The summed E-state index contributed by atoms with van der Waals surface area (Å²) in [5, 5.41) is 13.4. The zero-order chi connectivity index (χ0) is 26.0. The lowest BCUT2D eigenvalue weighted by Crippen LogP contribution is -2.55. The molecule has 5 nitrogen and oxygen atoms in total. The number of halogens is 1. The molecule has 188 valence electrons. The summed E-state index contributed by atoms with van der Waals surface area (Å²) in [5.74, 6) is -0.786. The van der Waals surface area contributed by atoms with Crippen LogP contribution in [0.25, 0.3) is 0 Å². The normalized spacial score (nSPS) is 18.5. The first-order valence-corrected chi connectivity index (χ1v) is 12.6. The van der Waals surface area contributed by atoms with Gasteiger partial charge in [-0.2, -0.15) is 0 Å². The third-order valence-corrected chi connectivity index (χ3v) is 7.11. The molecule has 0 aromatic heterocycles. The fourth-order valence-electron chi connectivity index (χ4n) is 4.60. The van der Waals surface area contributed by atoms with Crippen LogP contribution in [0, 0.1) is 11.3 Å². The number of carbonyl (C=O) groups excluding carboxylic acids is 1. The van der Waals surface area contributed by atoms with Gasteiger partial charge >= 0.3 is 12.0 Å². The molecule has 1 heterocycles. The van der Waals surface area contributed by atoms with Crippen molar-refractivity contribution in [3.63, 3.8) is 0 Å². The molecule has 0 fully saturated rings. The summed E-state index contributed by atoms with van der Waals surface area (Å²) in [4.78, 5) is 26.4. The van der Waals surface area contributed by atoms with Crippen molar-refractivity contribution in [2.45, 2.75) is 66.3 Å². The molecule has 0 unspecified atom stereocenters. The molecular formula is C29H37ClN2O3. The Morgan fingerprint density at radius 3 is 2.40 bits per heavy atom. The van der Waals surface area contributed by atoms with Crippen LogP contribution in [0.15, 0.2) is 54.2 Å². The standard InChI is InChI=1S/C29H37ClN2O3/c1-19(2)24-18-32(16-14-20-9-7-8-10-23(20)26(33)34)27(35)31-29(24,6)22-12-11-21(25(30)17-22)13-15-28(3,4)5/h7-12,17-19H,13-16H2,1-6H3,(H,31,35)(H,33,34)/t29-/m1/s1. The molecule has 0 saturated heterocycles. The van der Waals surface area contributed by atoms with Crippen LogP contribution >= 0.6 is 11.6 Å². The summed E-state index contributed by atoms with van der Waals surface area (Å²) in [7, 11) is 0. The Morgan fingerprint density at radius 2 is 1.80 bits per heavy atom. The van der Waals surface area contributed by atoms with Gasteiger partial charge in [-0.1, -0.05) is 76.6 Å². The Hall–Kier alpha value is -2.79. The number of aromatic carboxylic acids is 1. The lowest BCUT2D eigenvalue weighted by atomic mass is 9.78. The first kappa shape index (κ1) is 26.8. The van der Waals surface area contributed by atoms with Crippen molar-refractivity contribution in [3.8, 4) is 0 Å². The van der Waals surface area contributed by atoms with E-state index in [4.69, 9.17) is 11.6 Å². The first-order chi connectivity index (χ1) is 16.3. The Morgan fingerprint density at radius 1 is 1.11 bits per heavy atom. The van der Waals surface area contributed by atoms with Crippen molar-refractivity contribution in [1.82, 2.24) is 10.2 Å². The summed E-state index contributed by atoms with van der Waals surface area (Å²) in [5.41, 5.74) is 3.65. The summed E-state index contributed by atoms with van der Waals surface area (Å²) < 4.78 is 0. The van der Waals surface area contributed by atoms with Gasteiger partial charge in [0.25, 0.3) is 0 Å². The number of hydrogen-bond acceptors (Lipinski definition) is 2. The van der Waals surface area contributed by atoms with E-state index in [0.29, 0.717) is 18.5 Å². The maximum absolute atomic E-state index is 13.2. The van der Waals surface area contributed by atoms with E-state index in [1.54, 1.807) is 23.1 Å². The van der Waals surface area contributed by atoms with Gasteiger partial charge in [-0.15, -0.1) is 0 Å². The maximum atomic E-state index is 13.2. The number of carboxylic acid groups (broad SMARTS) is 1. The fraction of sp³-hybridized carbons (Fsp3) is 0.448. The number of carboxylic acids is 1. The second-order valence-electron chi connectivity index (χ2n) is 11.1. The Kier molecular flexibility index (Phi) is 8.00. The van der Waals surface area contributed by atoms with Gasteiger partial charge < -0.3 is 15.3 Å². The van der Waals surface area contributed by atoms with Crippen LogP contribution in [0.3, 0.4) is 0 Å². The maximum Gasteiger partial charge on any atom is 0.335 e. The number of aryl methyl sites for hydroxylation is 1. The van der Waals surface area contributed by atoms with E-state index in [1.807, 2.05) is 25.3 Å². The molecule has 0 bridgehead atoms.